The molecular formula is C19H24O4S. The number of aliphatic hydroxyl groups is 1. The van der Waals surface area contributed by atoms with E-state index in [1.54, 1.807) is 12.1 Å². The first kappa shape index (κ1) is 18.5. The van der Waals surface area contributed by atoms with Crippen LogP contribution in [0.4, 0.5) is 0 Å². The van der Waals surface area contributed by atoms with Gasteiger partial charge in [-0.2, -0.15) is 0 Å². The molecule has 0 aliphatic rings. The summed E-state index contributed by atoms with van der Waals surface area (Å²) in [4.78, 5) is 0. The third-order valence-corrected chi connectivity index (χ3v) is 5.43. The molecule has 4 nitrogen and oxygen atoms in total. The number of aliphatic hydroxyl groups excluding tert-OH is 1. The normalized spacial score (nSPS) is 12.8. The Morgan fingerprint density at radius 3 is 2.29 bits per heavy atom. The van der Waals surface area contributed by atoms with E-state index in [1.807, 2.05) is 51.1 Å². The maximum absolute atomic E-state index is 12.3. The second kappa shape index (κ2) is 7.81. The van der Waals surface area contributed by atoms with Gasteiger partial charge in [-0.25, -0.2) is 8.42 Å². The van der Waals surface area contributed by atoms with Crippen molar-refractivity contribution < 1.29 is 18.3 Å². The summed E-state index contributed by atoms with van der Waals surface area (Å²) in [7, 11) is -3.41. The average molecular weight is 348 g/mol. The molecule has 2 aromatic rings. The third-order valence-electron chi connectivity index (χ3n) is 3.79. The van der Waals surface area contributed by atoms with Gasteiger partial charge in [-0.05, 0) is 44.0 Å². The van der Waals surface area contributed by atoms with Crippen molar-refractivity contribution in [2.45, 2.75) is 32.6 Å². The number of aryl methyl sites for hydroxylation is 3. The average Bonchev–Trinajstić information content (AvgIpc) is 2.49. The van der Waals surface area contributed by atoms with E-state index >= 15 is 0 Å². The number of rotatable bonds is 7. The first-order valence-corrected chi connectivity index (χ1v) is 9.71. The second-order valence-electron chi connectivity index (χ2n) is 6.26. The minimum Gasteiger partial charge on any atom is -0.491 e. The molecule has 0 saturated heterocycles. The summed E-state index contributed by atoms with van der Waals surface area (Å²) in [5.41, 5.74) is 3.85. The molecule has 5 heteroatoms. The Balaban J connectivity index is 1.93. The van der Waals surface area contributed by atoms with E-state index in [0.29, 0.717) is 5.75 Å². The molecule has 0 aliphatic carbocycles. The summed E-state index contributed by atoms with van der Waals surface area (Å²) in [6, 6.07) is 13.1. The van der Waals surface area contributed by atoms with Crippen LogP contribution < -0.4 is 4.74 Å². The predicted octanol–water partition coefficient (Wildman–Crippen LogP) is 2.97. The fourth-order valence-corrected chi connectivity index (χ4v) is 4.00. The number of hydrogen-bond donors (Lipinski definition) is 1. The first-order chi connectivity index (χ1) is 11.2. The van der Waals surface area contributed by atoms with E-state index < -0.39 is 15.9 Å². The van der Waals surface area contributed by atoms with Gasteiger partial charge in [0.1, 0.15) is 18.5 Å². The molecule has 24 heavy (non-hydrogen) atoms. The standard InChI is InChI=1S/C19H24O4S/c1-14-5-8-19(9-6-14)23-11-18(20)13-24(21,22)12-17-10-15(2)4-7-16(17)3/h4-10,18,20H,11-13H2,1-3H3. The molecule has 0 aromatic heterocycles. The largest absolute Gasteiger partial charge is 0.491 e. The zero-order chi connectivity index (χ0) is 17.7. The molecule has 0 radical (unpaired) electrons. The lowest BCUT2D eigenvalue weighted by molar-refractivity contribution is 0.125. The molecule has 1 unspecified atom stereocenters. The van der Waals surface area contributed by atoms with Crippen molar-refractivity contribution in [2.24, 2.45) is 0 Å². The Labute approximate surface area is 144 Å². The zero-order valence-corrected chi connectivity index (χ0v) is 15.1. The molecular weight excluding hydrogens is 324 g/mol. The second-order valence-corrected chi connectivity index (χ2v) is 8.37. The molecule has 0 amide bonds. The summed E-state index contributed by atoms with van der Waals surface area (Å²) in [5, 5.41) is 10.00. The van der Waals surface area contributed by atoms with Crippen LogP contribution in [0.15, 0.2) is 42.5 Å². The third kappa shape index (κ3) is 5.65. The molecule has 0 spiro atoms. The molecule has 1 atom stereocenters. The van der Waals surface area contributed by atoms with E-state index in [9.17, 15) is 13.5 Å². The predicted molar refractivity (Wildman–Crippen MR) is 96.1 cm³/mol. The summed E-state index contributed by atoms with van der Waals surface area (Å²) < 4.78 is 30.1. The van der Waals surface area contributed by atoms with Crippen molar-refractivity contribution in [1.82, 2.24) is 0 Å². The smallest absolute Gasteiger partial charge is 0.157 e. The summed E-state index contributed by atoms with van der Waals surface area (Å²) >= 11 is 0. The minimum atomic E-state index is -3.41. The molecule has 2 aromatic carbocycles. The van der Waals surface area contributed by atoms with Crippen LogP contribution in [0, 0.1) is 20.8 Å². The van der Waals surface area contributed by atoms with E-state index in [0.717, 1.165) is 22.3 Å². The monoisotopic (exact) mass is 348 g/mol. The van der Waals surface area contributed by atoms with Crippen LogP contribution in [0.25, 0.3) is 0 Å². The Morgan fingerprint density at radius 1 is 1.00 bits per heavy atom. The van der Waals surface area contributed by atoms with Crippen LogP contribution in [0.2, 0.25) is 0 Å². The fraction of sp³-hybridized carbons (Fsp3) is 0.368. The van der Waals surface area contributed by atoms with Crippen molar-refractivity contribution in [3.05, 3.63) is 64.7 Å². The molecule has 0 aliphatic heterocycles. The van der Waals surface area contributed by atoms with Crippen molar-refractivity contribution in [3.8, 4) is 5.75 Å². The topological polar surface area (TPSA) is 63.6 Å². The van der Waals surface area contributed by atoms with Gasteiger partial charge < -0.3 is 9.84 Å². The van der Waals surface area contributed by atoms with Crippen molar-refractivity contribution in [1.29, 1.82) is 0 Å². The van der Waals surface area contributed by atoms with Crippen molar-refractivity contribution in [3.63, 3.8) is 0 Å². The number of ether oxygens (including phenoxy) is 1. The van der Waals surface area contributed by atoms with Crippen LogP contribution in [0.5, 0.6) is 5.75 Å². The first-order valence-electron chi connectivity index (χ1n) is 7.89. The molecule has 0 saturated carbocycles. The maximum atomic E-state index is 12.3. The van der Waals surface area contributed by atoms with E-state index in [2.05, 4.69) is 0 Å². The minimum absolute atomic E-state index is 0.0465. The number of hydrogen-bond acceptors (Lipinski definition) is 4. The lowest BCUT2D eigenvalue weighted by atomic mass is 10.1. The van der Waals surface area contributed by atoms with Gasteiger partial charge in [0.15, 0.2) is 9.84 Å². The summed E-state index contributed by atoms with van der Waals surface area (Å²) in [6.45, 7) is 5.74. The van der Waals surface area contributed by atoms with Gasteiger partial charge in [0.2, 0.25) is 0 Å². The van der Waals surface area contributed by atoms with Gasteiger partial charge in [-0.3, -0.25) is 0 Å². The maximum Gasteiger partial charge on any atom is 0.157 e. The Hall–Kier alpha value is -1.85. The van der Waals surface area contributed by atoms with Gasteiger partial charge in [0.25, 0.3) is 0 Å². The van der Waals surface area contributed by atoms with Gasteiger partial charge in [-0.15, -0.1) is 0 Å². The van der Waals surface area contributed by atoms with Crippen LogP contribution in [0.3, 0.4) is 0 Å². The molecule has 0 bridgehead atoms. The lowest BCUT2D eigenvalue weighted by Crippen LogP contribution is -2.28. The van der Waals surface area contributed by atoms with Gasteiger partial charge in [-0.1, -0.05) is 41.5 Å². The van der Waals surface area contributed by atoms with Gasteiger partial charge in [0, 0.05) is 0 Å². The number of sulfone groups is 1. The van der Waals surface area contributed by atoms with E-state index in [4.69, 9.17) is 4.74 Å². The zero-order valence-electron chi connectivity index (χ0n) is 14.3. The van der Waals surface area contributed by atoms with Crippen LogP contribution in [-0.4, -0.2) is 32.0 Å². The Morgan fingerprint density at radius 2 is 1.62 bits per heavy atom. The van der Waals surface area contributed by atoms with Crippen LogP contribution >= 0.6 is 0 Å². The molecule has 0 heterocycles. The van der Waals surface area contributed by atoms with Gasteiger partial charge in [0.05, 0.1) is 11.5 Å². The Kier molecular flexibility index (Phi) is 6.02. The van der Waals surface area contributed by atoms with Gasteiger partial charge >= 0.3 is 0 Å². The molecule has 0 fully saturated rings. The quantitative estimate of drug-likeness (QED) is 0.835. The summed E-state index contributed by atoms with van der Waals surface area (Å²) in [5.74, 6) is 0.237. The molecule has 2 rings (SSSR count). The highest BCUT2D eigenvalue weighted by atomic mass is 32.2. The highest BCUT2D eigenvalue weighted by molar-refractivity contribution is 7.90. The summed E-state index contributed by atoms with van der Waals surface area (Å²) in [6.07, 6.45) is -1.05. The highest BCUT2D eigenvalue weighted by Gasteiger charge is 2.19. The lowest BCUT2D eigenvalue weighted by Gasteiger charge is -2.14. The van der Waals surface area contributed by atoms with Crippen LogP contribution in [0.1, 0.15) is 22.3 Å². The van der Waals surface area contributed by atoms with Crippen molar-refractivity contribution >= 4 is 9.84 Å². The molecule has 130 valence electrons. The van der Waals surface area contributed by atoms with E-state index in [-0.39, 0.29) is 18.1 Å². The van der Waals surface area contributed by atoms with Crippen LogP contribution in [-0.2, 0) is 15.6 Å². The Bertz CT molecular complexity index is 780. The van der Waals surface area contributed by atoms with Crippen molar-refractivity contribution in [2.75, 3.05) is 12.4 Å². The highest BCUT2D eigenvalue weighted by Crippen LogP contribution is 2.16. The van der Waals surface area contributed by atoms with E-state index in [1.165, 1.54) is 0 Å². The SMILES string of the molecule is Cc1ccc(OCC(O)CS(=O)(=O)Cc2cc(C)ccc2C)cc1. The number of benzene rings is 2. The molecule has 1 N–H and O–H groups in total. The fourth-order valence-electron chi connectivity index (χ4n) is 2.42.